The van der Waals surface area contributed by atoms with Crippen molar-refractivity contribution in [1.82, 2.24) is 4.98 Å². The number of fused-ring (bicyclic) bond motifs is 1. The molecule has 0 saturated carbocycles. The molecule has 2 heterocycles. The molecule has 0 aliphatic carbocycles. The maximum atomic E-state index is 6.39. The first-order valence-electron chi connectivity index (χ1n) is 6.73. The van der Waals surface area contributed by atoms with E-state index in [1.165, 1.54) is 5.56 Å². The first-order valence-corrected chi connectivity index (χ1v) is 7.61. The minimum atomic E-state index is -0.0208. The molecule has 2 unspecified atom stereocenters. The van der Waals surface area contributed by atoms with Crippen LogP contribution in [0.4, 0.5) is 0 Å². The fourth-order valence-corrected chi connectivity index (χ4v) is 3.68. The van der Waals surface area contributed by atoms with Crippen molar-refractivity contribution in [3.8, 4) is 5.75 Å². The SMILES string of the molecule is Cc1cc(C)nc(SC2COc3ccccc3C2N)c1. The highest BCUT2D eigenvalue weighted by Crippen LogP contribution is 2.38. The van der Waals surface area contributed by atoms with Crippen LogP contribution in [-0.2, 0) is 0 Å². The van der Waals surface area contributed by atoms with Crippen molar-refractivity contribution in [1.29, 1.82) is 0 Å². The Kier molecular flexibility index (Phi) is 3.68. The lowest BCUT2D eigenvalue weighted by atomic mass is 10.0. The number of nitrogens with two attached hydrogens (primary N) is 1. The van der Waals surface area contributed by atoms with Crippen LogP contribution in [0.5, 0.6) is 5.75 Å². The number of para-hydroxylation sites is 1. The summed E-state index contributed by atoms with van der Waals surface area (Å²) in [6.45, 7) is 4.73. The van der Waals surface area contributed by atoms with Crippen LogP contribution in [0.25, 0.3) is 0 Å². The molecule has 1 aromatic carbocycles. The molecule has 3 nitrogen and oxygen atoms in total. The maximum Gasteiger partial charge on any atom is 0.124 e. The van der Waals surface area contributed by atoms with E-state index in [0.717, 1.165) is 22.0 Å². The van der Waals surface area contributed by atoms with Crippen LogP contribution >= 0.6 is 11.8 Å². The molecule has 0 spiro atoms. The van der Waals surface area contributed by atoms with E-state index < -0.39 is 0 Å². The molecule has 3 rings (SSSR count). The Morgan fingerprint density at radius 2 is 2.05 bits per heavy atom. The number of aromatic nitrogens is 1. The second kappa shape index (κ2) is 5.46. The molecular formula is C16H18N2OS. The fraction of sp³-hybridized carbons (Fsp3) is 0.312. The quantitative estimate of drug-likeness (QED) is 0.920. The highest BCUT2D eigenvalue weighted by Gasteiger charge is 2.29. The zero-order chi connectivity index (χ0) is 14.1. The van der Waals surface area contributed by atoms with Crippen molar-refractivity contribution < 1.29 is 4.74 Å². The zero-order valence-corrected chi connectivity index (χ0v) is 12.5. The van der Waals surface area contributed by atoms with Crippen molar-refractivity contribution in [3.05, 3.63) is 53.2 Å². The Bertz CT molecular complexity index is 609. The zero-order valence-electron chi connectivity index (χ0n) is 11.7. The predicted octanol–water partition coefficient (Wildman–Crippen LogP) is 3.25. The lowest BCUT2D eigenvalue weighted by Crippen LogP contribution is -2.33. The predicted molar refractivity (Wildman–Crippen MR) is 82.2 cm³/mol. The molecule has 0 radical (unpaired) electrons. The summed E-state index contributed by atoms with van der Waals surface area (Å²) >= 11 is 1.70. The number of rotatable bonds is 2. The fourth-order valence-electron chi connectivity index (χ4n) is 2.49. The standard InChI is InChI=1S/C16H18N2OS/c1-10-7-11(2)18-15(8-10)20-14-9-19-13-6-4-3-5-12(13)16(14)17/h3-8,14,16H,9,17H2,1-2H3. The molecule has 0 saturated heterocycles. The van der Waals surface area contributed by atoms with E-state index in [1.807, 2.05) is 31.2 Å². The maximum absolute atomic E-state index is 6.39. The molecule has 1 aliphatic heterocycles. The highest BCUT2D eigenvalue weighted by molar-refractivity contribution is 7.99. The molecule has 2 atom stereocenters. The van der Waals surface area contributed by atoms with Crippen LogP contribution < -0.4 is 10.5 Å². The number of nitrogens with zero attached hydrogens (tertiary/aromatic N) is 1. The molecule has 0 fully saturated rings. The normalized spacial score (nSPS) is 21.1. The Morgan fingerprint density at radius 1 is 1.25 bits per heavy atom. The minimum Gasteiger partial charge on any atom is -0.492 e. The third kappa shape index (κ3) is 2.67. The average molecular weight is 286 g/mol. The second-order valence-corrected chi connectivity index (χ2v) is 6.41. The summed E-state index contributed by atoms with van der Waals surface area (Å²) in [6, 6.07) is 12.2. The van der Waals surface area contributed by atoms with Crippen LogP contribution in [0.3, 0.4) is 0 Å². The van der Waals surface area contributed by atoms with Gasteiger partial charge in [-0.25, -0.2) is 4.98 Å². The summed E-state index contributed by atoms with van der Waals surface area (Å²) in [5.74, 6) is 0.908. The smallest absolute Gasteiger partial charge is 0.124 e. The number of hydrogen-bond donors (Lipinski definition) is 1. The summed E-state index contributed by atoms with van der Waals surface area (Å²) in [7, 11) is 0. The third-order valence-electron chi connectivity index (χ3n) is 3.43. The molecule has 104 valence electrons. The number of pyridine rings is 1. The van der Waals surface area contributed by atoms with Gasteiger partial charge in [0.2, 0.25) is 0 Å². The summed E-state index contributed by atoms with van der Waals surface area (Å²) < 4.78 is 5.81. The first-order chi connectivity index (χ1) is 9.63. The molecule has 1 aromatic heterocycles. The number of ether oxygens (including phenoxy) is 1. The van der Waals surface area contributed by atoms with Gasteiger partial charge in [-0.3, -0.25) is 0 Å². The molecule has 0 bridgehead atoms. The molecule has 0 amide bonds. The van der Waals surface area contributed by atoms with Gasteiger partial charge in [0, 0.05) is 17.3 Å². The van der Waals surface area contributed by atoms with Crippen LogP contribution in [0.1, 0.15) is 22.9 Å². The van der Waals surface area contributed by atoms with Gasteiger partial charge in [0.1, 0.15) is 12.4 Å². The van der Waals surface area contributed by atoms with E-state index in [4.69, 9.17) is 10.5 Å². The summed E-state index contributed by atoms with van der Waals surface area (Å²) in [5.41, 5.74) is 9.74. The summed E-state index contributed by atoms with van der Waals surface area (Å²) in [6.07, 6.45) is 0. The van der Waals surface area contributed by atoms with Crippen molar-refractivity contribution in [3.63, 3.8) is 0 Å². The lowest BCUT2D eigenvalue weighted by Gasteiger charge is -2.30. The monoisotopic (exact) mass is 286 g/mol. The molecule has 2 N–H and O–H groups in total. The lowest BCUT2D eigenvalue weighted by molar-refractivity contribution is 0.276. The van der Waals surface area contributed by atoms with E-state index in [0.29, 0.717) is 6.61 Å². The Hall–Kier alpha value is -1.52. The minimum absolute atomic E-state index is 0.0208. The van der Waals surface area contributed by atoms with Crippen molar-refractivity contribution in [2.45, 2.75) is 30.2 Å². The van der Waals surface area contributed by atoms with Crippen molar-refractivity contribution >= 4 is 11.8 Å². The molecular weight excluding hydrogens is 268 g/mol. The van der Waals surface area contributed by atoms with E-state index >= 15 is 0 Å². The third-order valence-corrected chi connectivity index (χ3v) is 4.61. The van der Waals surface area contributed by atoms with E-state index in [2.05, 4.69) is 24.0 Å². The van der Waals surface area contributed by atoms with Gasteiger partial charge < -0.3 is 10.5 Å². The van der Waals surface area contributed by atoms with Crippen LogP contribution in [0.2, 0.25) is 0 Å². The van der Waals surface area contributed by atoms with Crippen LogP contribution in [0.15, 0.2) is 41.4 Å². The number of aryl methyl sites for hydroxylation is 2. The summed E-state index contributed by atoms with van der Waals surface area (Å²) in [4.78, 5) is 4.57. The Balaban J connectivity index is 1.82. The van der Waals surface area contributed by atoms with Gasteiger partial charge in [0.15, 0.2) is 0 Å². The van der Waals surface area contributed by atoms with Gasteiger partial charge >= 0.3 is 0 Å². The Labute approximate surface area is 123 Å². The molecule has 4 heteroatoms. The van der Waals surface area contributed by atoms with Gasteiger partial charge in [-0.2, -0.15) is 0 Å². The number of thioether (sulfide) groups is 1. The topological polar surface area (TPSA) is 48.1 Å². The largest absolute Gasteiger partial charge is 0.492 e. The van der Waals surface area contributed by atoms with Crippen LogP contribution in [0, 0.1) is 13.8 Å². The number of hydrogen-bond acceptors (Lipinski definition) is 4. The van der Waals surface area contributed by atoms with Crippen molar-refractivity contribution in [2.24, 2.45) is 5.73 Å². The molecule has 1 aliphatic rings. The van der Waals surface area contributed by atoms with Gasteiger partial charge in [0.25, 0.3) is 0 Å². The van der Waals surface area contributed by atoms with E-state index in [1.54, 1.807) is 11.8 Å². The van der Waals surface area contributed by atoms with Gasteiger partial charge in [-0.1, -0.05) is 30.0 Å². The van der Waals surface area contributed by atoms with Gasteiger partial charge in [-0.05, 0) is 37.6 Å². The van der Waals surface area contributed by atoms with Crippen molar-refractivity contribution in [2.75, 3.05) is 6.61 Å². The second-order valence-electron chi connectivity index (χ2n) is 5.16. The van der Waals surface area contributed by atoms with E-state index in [9.17, 15) is 0 Å². The van der Waals surface area contributed by atoms with Crippen LogP contribution in [-0.4, -0.2) is 16.8 Å². The highest BCUT2D eigenvalue weighted by atomic mass is 32.2. The molecule has 2 aromatic rings. The van der Waals surface area contributed by atoms with Gasteiger partial charge in [0.05, 0.1) is 10.3 Å². The number of benzene rings is 1. The first kappa shape index (κ1) is 13.5. The average Bonchev–Trinajstić information content (AvgIpc) is 2.41. The van der Waals surface area contributed by atoms with E-state index in [-0.39, 0.29) is 11.3 Å². The summed E-state index contributed by atoms with van der Waals surface area (Å²) in [5, 5.41) is 1.21. The Morgan fingerprint density at radius 3 is 2.85 bits per heavy atom. The van der Waals surface area contributed by atoms with Gasteiger partial charge in [-0.15, -0.1) is 0 Å². The molecule has 20 heavy (non-hydrogen) atoms.